The van der Waals surface area contributed by atoms with Crippen molar-refractivity contribution in [2.45, 2.75) is 12.7 Å². The molecule has 0 saturated carbocycles. The van der Waals surface area contributed by atoms with E-state index in [4.69, 9.17) is 0 Å². The van der Waals surface area contributed by atoms with Crippen molar-refractivity contribution in [3.8, 4) is 0 Å². The number of halogens is 3. The van der Waals surface area contributed by atoms with Crippen LogP contribution in [0.2, 0.25) is 0 Å². The Kier molecular flexibility index (Phi) is 6.24. The van der Waals surface area contributed by atoms with Crippen LogP contribution in [0.25, 0.3) is 0 Å². The summed E-state index contributed by atoms with van der Waals surface area (Å²) in [4.78, 5) is 36.7. The normalized spacial score (nSPS) is 11.1. The summed E-state index contributed by atoms with van der Waals surface area (Å²) < 4.78 is 44.5. The number of methoxy groups -OCH3 is 1. The number of alkyl halides is 3. The van der Waals surface area contributed by atoms with Crippen LogP contribution < -0.4 is 10.9 Å². The number of carbonyl (C=O) groups excluding carboxylic acids is 2. The van der Waals surface area contributed by atoms with Crippen LogP contribution in [0, 0.1) is 0 Å². The fourth-order valence-corrected chi connectivity index (χ4v) is 2.88. The van der Waals surface area contributed by atoms with Crippen molar-refractivity contribution < 1.29 is 27.5 Å². The van der Waals surface area contributed by atoms with Gasteiger partial charge in [-0.15, -0.1) is 0 Å². The smallest absolute Gasteiger partial charge is 0.416 e. The summed E-state index contributed by atoms with van der Waals surface area (Å²) in [6, 6.07) is 13.3. The molecular weight excluding hydrogens is 413 g/mol. The monoisotopic (exact) mass is 430 g/mol. The number of rotatable bonds is 5. The van der Waals surface area contributed by atoms with Gasteiger partial charge in [0.2, 0.25) is 0 Å². The van der Waals surface area contributed by atoms with E-state index < -0.39 is 29.2 Å². The average Bonchev–Trinajstić information content (AvgIpc) is 2.74. The standard InChI is InChI=1S/C22H17F3N2O4/c1-31-21(30)15-7-9-17(10-8-15)26-19(28)18-6-3-11-27(20(18)29)13-14-4-2-5-16(12-14)22(23,24)25/h2-12H,13H2,1H3,(H,26,28). The molecular formula is C22H17F3N2O4. The number of benzene rings is 2. The molecule has 1 heterocycles. The average molecular weight is 430 g/mol. The molecule has 1 amide bonds. The summed E-state index contributed by atoms with van der Waals surface area (Å²) in [6.07, 6.45) is -3.10. The van der Waals surface area contributed by atoms with Gasteiger partial charge in [0.1, 0.15) is 5.56 Å². The first-order valence-corrected chi connectivity index (χ1v) is 9.04. The van der Waals surface area contributed by atoms with E-state index in [0.717, 1.165) is 16.7 Å². The summed E-state index contributed by atoms with van der Waals surface area (Å²) in [5.41, 5.74) is -0.723. The third-order valence-corrected chi connectivity index (χ3v) is 4.44. The molecule has 0 saturated heterocycles. The molecule has 3 rings (SSSR count). The zero-order valence-corrected chi connectivity index (χ0v) is 16.3. The van der Waals surface area contributed by atoms with E-state index in [0.29, 0.717) is 11.3 Å². The summed E-state index contributed by atoms with van der Waals surface area (Å²) >= 11 is 0. The summed E-state index contributed by atoms with van der Waals surface area (Å²) in [6.45, 7) is -0.127. The second-order valence-corrected chi connectivity index (χ2v) is 6.58. The maximum absolute atomic E-state index is 12.9. The zero-order chi connectivity index (χ0) is 22.6. The molecule has 0 aliphatic carbocycles. The topological polar surface area (TPSA) is 77.4 Å². The number of pyridine rings is 1. The molecule has 0 atom stereocenters. The number of amides is 1. The van der Waals surface area contributed by atoms with Crippen molar-refractivity contribution in [2.24, 2.45) is 0 Å². The summed E-state index contributed by atoms with van der Waals surface area (Å²) in [5, 5.41) is 2.55. The maximum Gasteiger partial charge on any atom is 0.416 e. The van der Waals surface area contributed by atoms with Gasteiger partial charge in [0.15, 0.2) is 0 Å². The Morgan fingerprint density at radius 1 is 1.03 bits per heavy atom. The van der Waals surface area contributed by atoms with Crippen molar-refractivity contribution in [1.82, 2.24) is 4.57 Å². The minimum atomic E-state index is -4.49. The van der Waals surface area contributed by atoms with E-state index in [1.165, 1.54) is 61.8 Å². The predicted octanol–water partition coefficient (Wildman–Crippen LogP) is 3.95. The molecule has 0 unspecified atom stereocenters. The highest BCUT2D eigenvalue weighted by molar-refractivity contribution is 6.04. The number of nitrogens with zero attached hydrogens (tertiary/aromatic N) is 1. The lowest BCUT2D eigenvalue weighted by molar-refractivity contribution is -0.137. The van der Waals surface area contributed by atoms with Crippen LogP contribution in [-0.4, -0.2) is 23.6 Å². The van der Waals surface area contributed by atoms with Gasteiger partial charge < -0.3 is 14.6 Å². The van der Waals surface area contributed by atoms with E-state index in [1.807, 2.05) is 0 Å². The Labute approximate surface area is 174 Å². The van der Waals surface area contributed by atoms with Crippen molar-refractivity contribution in [3.63, 3.8) is 0 Å². The number of ether oxygens (including phenoxy) is 1. The first-order chi connectivity index (χ1) is 14.7. The molecule has 1 aromatic heterocycles. The maximum atomic E-state index is 12.9. The van der Waals surface area contributed by atoms with Crippen LogP contribution in [0.3, 0.4) is 0 Å². The van der Waals surface area contributed by atoms with E-state index in [9.17, 15) is 27.6 Å². The third kappa shape index (κ3) is 5.19. The summed E-state index contributed by atoms with van der Waals surface area (Å²) in [5.74, 6) is -1.22. The van der Waals surface area contributed by atoms with Gasteiger partial charge in [-0.25, -0.2) is 4.79 Å². The molecule has 0 bridgehead atoms. The highest BCUT2D eigenvalue weighted by Gasteiger charge is 2.30. The lowest BCUT2D eigenvalue weighted by Crippen LogP contribution is -2.29. The molecule has 0 fully saturated rings. The second-order valence-electron chi connectivity index (χ2n) is 6.58. The van der Waals surface area contributed by atoms with Gasteiger partial charge in [0, 0.05) is 11.9 Å². The van der Waals surface area contributed by atoms with Gasteiger partial charge in [-0.2, -0.15) is 13.2 Å². The lowest BCUT2D eigenvalue weighted by Gasteiger charge is -2.11. The zero-order valence-electron chi connectivity index (χ0n) is 16.3. The third-order valence-electron chi connectivity index (χ3n) is 4.44. The molecule has 160 valence electrons. The van der Waals surface area contributed by atoms with Crippen molar-refractivity contribution in [2.75, 3.05) is 12.4 Å². The number of anilines is 1. The predicted molar refractivity (Wildman–Crippen MR) is 107 cm³/mol. The Morgan fingerprint density at radius 3 is 2.39 bits per heavy atom. The van der Waals surface area contributed by atoms with Crippen LogP contribution in [0.4, 0.5) is 18.9 Å². The van der Waals surface area contributed by atoms with Crippen LogP contribution >= 0.6 is 0 Å². The van der Waals surface area contributed by atoms with Gasteiger partial charge in [-0.3, -0.25) is 9.59 Å². The Hall–Kier alpha value is -3.88. The molecule has 2 aromatic carbocycles. The first-order valence-electron chi connectivity index (χ1n) is 9.04. The Morgan fingerprint density at radius 2 is 1.74 bits per heavy atom. The largest absolute Gasteiger partial charge is 0.465 e. The minimum Gasteiger partial charge on any atom is -0.465 e. The number of carbonyl (C=O) groups is 2. The van der Waals surface area contributed by atoms with Gasteiger partial charge in [-0.1, -0.05) is 12.1 Å². The molecule has 9 heteroatoms. The van der Waals surface area contributed by atoms with Crippen molar-refractivity contribution in [1.29, 1.82) is 0 Å². The number of aromatic nitrogens is 1. The molecule has 3 aromatic rings. The number of hydrogen-bond acceptors (Lipinski definition) is 4. The quantitative estimate of drug-likeness (QED) is 0.622. The SMILES string of the molecule is COC(=O)c1ccc(NC(=O)c2cccn(Cc3cccc(C(F)(F)F)c3)c2=O)cc1. The van der Waals surface area contributed by atoms with E-state index in [-0.39, 0.29) is 17.7 Å². The van der Waals surface area contributed by atoms with Crippen LogP contribution in [0.15, 0.2) is 71.7 Å². The Bertz CT molecular complexity index is 1170. The Balaban J connectivity index is 1.80. The van der Waals surface area contributed by atoms with Gasteiger partial charge in [0.05, 0.1) is 24.8 Å². The molecule has 1 N–H and O–H groups in total. The molecule has 6 nitrogen and oxygen atoms in total. The molecule has 0 aliphatic rings. The summed E-state index contributed by atoms with van der Waals surface area (Å²) in [7, 11) is 1.25. The van der Waals surface area contributed by atoms with E-state index in [2.05, 4.69) is 10.1 Å². The number of esters is 1. The van der Waals surface area contributed by atoms with Gasteiger partial charge in [0.25, 0.3) is 11.5 Å². The van der Waals surface area contributed by atoms with Crippen LogP contribution in [-0.2, 0) is 17.5 Å². The fraction of sp³-hybridized carbons (Fsp3) is 0.136. The molecule has 0 aliphatic heterocycles. The number of nitrogens with one attached hydrogen (secondary N) is 1. The molecule has 0 spiro atoms. The highest BCUT2D eigenvalue weighted by atomic mass is 19.4. The fourth-order valence-electron chi connectivity index (χ4n) is 2.88. The van der Waals surface area contributed by atoms with E-state index in [1.54, 1.807) is 0 Å². The van der Waals surface area contributed by atoms with Crippen LogP contribution in [0.5, 0.6) is 0 Å². The first kappa shape index (κ1) is 21.8. The van der Waals surface area contributed by atoms with Gasteiger partial charge in [-0.05, 0) is 54.1 Å². The van der Waals surface area contributed by atoms with Gasteiger partial charge >= 0.3 is 12.1 Å². The highest BCUT2D eigenvalue weighted by Crippen LogP contribution is 2.29. The number of hydrogen-bond donors (Lipinski definition) is 1. The van der Waals surface area contributed by atoms with Crippen molar-refractivity contribution >= 4 is 17.6 Å². The lowest BCUT2D eigenvalue weighted by atomic mass is 10.1. The van der Waals surface area contributed by atoms with Crippen LogP contribution in [0.1, 0.15) is 31.8 Å². The minimum absolute atomic E-state index is 0.127. The molecule has 31 heavy (non-hydrogen) atoms. The molecule has 0 radical (unpaired) electrons. The van der Waals surface area contributed by atoms with Crippen molar-refractivity contribution in [3.05, 3.63) is 99.5 Å². The second kappa shape index (κ2) is 8.86. The van der Waals surface area contributed by atoms with E-state index >= 15 is 0 Å².